The van der Waals surface area contributed by atoms with Crippen LogP contribution in [0.2, 0.25) is 0 Å². The first-order valence-corrected chi connectivity index (χ1v) is 9.59. The van der Waals surface area contributed by atoms with Crippen LogP contribution in [0.15, 0.2) is 29.6 Å². The molecule has 2 aromatic rings. The fourth-order valence-corrected chi connectivity index (χ4v) is 4.23. The molecular weight excluding hydrogens is 353 g/mol. The van der Waals surface area contributed by atoms with Gasteiger partial charge in [-0.25, -0.2) is 9.37 Å². The predicted molar refractivity (Wildman–Crippen MR) is 99.2 cm³/mol. The fourth-order valence-electron chi connectivity index (χ4n) is 3.38. The number of benzene rings is 1. The molecule has 0 saturated carbocycles. The minimum Gasteiger partial charge on any atom is -0.379 e. The van der Waals surface area contributed by atoms with Crippen molar-refractivity contribution in [3.63, 3.8) is 0 Å². The second-order valence-corrected chi connectivity index (χ2v) is 7.99. The van der Waals surface area contributed by atoms with E-state index in [9.17, 15) is 14.3 Å². The number of rotatable bonds is 6. The summed E-state index contributed by atoms with van der Waals surface area (Å²) in [7, 11) is 1.89. The third kappa shape index (κ3) is 4.47. The Morgan fingerprint density at radius 1 is 1.38 bits per heavy atom. The van der Waals surface area contributed by atoms with E-state index in [1.807, 2.05) is 24.3 Å². The number of halogens is 1. The van der Waals surface area contributed by atoms with E-state index in [1.165, 1.54) is 12.1 Å². The van der Waals surface area contributed by atoms with E-state index in [1.54, 1.807) is 28.4 Å². The summed E-state index contributed by atoms with van der Waals surface area (Å²) in [5, 5.41) is 13.9. The zero-order valence-corrected chi connectivity index (χ0v) is 15.9. The van der Waals surface area contributed by atoms with Gasteiger partial charge in [-0.1, -0.05) is 12.1 Å². The van der Waals surface area contributed by atoms with Crippen LogP contribution in [0.4, 0.5) is 4.39 Å². The van der Waals surface area contributed by atoms with Gasteiger partial charge in [-0.3, -0.25) is 9.69 Å². The Morgan fingerprint density at radius 3 is 2.77 bits per heavy atom. The van der Waals surface area contributed by atoms with Crippen LogP contribution in [0.3, 0.4) is 0 Å². The lowest BCUT2D eigenvalue weighted by atomic mass is 9.91. The van der Waals surface area contributed by atoms with Crippen LogP contribution in [0.5, 0.6) is 0 Å². The molecule has 5 nitrogen and oxygen atoms in total. The van der Waals surface area contributed by atoms with Gasteiger partial charge in [-0.2, -0.15) is 0 Å². The van der Waals surface area contributed by atoms with Gasteiger partial charge in [-0.15, -0.1) is 11.3 Å². The molecule has 2 heterocycles. The normalized spacial score (nSPS) is 20.8. The number of likely N-dealkylation sites (N-methyl/N-ethyl adjacent to an activating group) is 1. The number of likely N-dealkylation sites (tertiary alicyclic amines) is 1. The molecule has 1 N–H and O–H groups in total. The van der Waals surface area contributed by atoms with Crippen molar-refractivity contribution in [3.05, 3.63) is 51.7 Å². The monoisotopic (exact) mass is 377 g/mol. The molecule has 0 aliphatic carbocycles. The SMILES string of the molecule is Cc1csc(CN(C)CC2(O)CCCN(Cc3ccc(F)cc3)C2=O)n1. The molecular formula is C19H24FN3O2S. The number of hydrogen-bond acceptors (Lipinski definition) is 5. The number of carbonyl (C=O) groups is 1. The number of aromatic nitrogens is 1. The van der Waals surface area contributed by atoms with Crippen molar-refractivity contribution < 1.29 is 14.3 Å². The van der Waals surface area contributed by atoms with Gasteiger partial charge in [0.1, 0.15) is 10.8 Å². The van der Waals surface area contributed by atoms with Crippen molar-refractivity contribution in [2.24, 2.45) is 0 Å². The minimum absolute atomic E-state index is 0.254. The van der Waals surface area contributed by atoms with E-state index in [0.717, 1.165) is 22.7 Å². The summed E-state index contributed by atoms with van der Waals surface area (Å²) in [5.74, 6) is -0.551. The van der Waals surface area contributed by atoms with Gasteiger partial charge in [-0.05, 0) is 44.5 Å². The highest BCUT2D eigenvalue weighted by atomic mass is 32.1. The van der Waals surface area contributed by atoms with Crippen LogP contribution in [-0.4, -0.2) is 51.5 Å². The van der Waals surface area contributed by atoms with Gasteiger partial charge < -0.3 is 10.0 Å². The number of hydrogen-bond donors (Lipinski definition) is 1. The van der Waals surface area contributed by atoms with E-state index in [0.29, 0.717) is 26.1 Å². The van der Waals surface area contributed by atoms with Crippen molar-refractivity contribution in [1.29, 1.82) is 0 Å². The second kappa shape index (κ2) is 7.82. The Labute approximate surface area is 157 Å². The number of thiazole rings is 1. The van der Waals surface area contributed by atoms with E-state index in [4.69, 9.17) is 0 Å². The Bertz CT molecular complexity index is 764. The molecule has 1 fully saturated rings. The third-order valence-corrected chi connectivity index (χ3v) is 5.55. The maximum absolute atomic E-state index is 13.1. The first-order chi connectivity index (χ1) is 12.4. The lowest BCUT2D eigenvalue weighted by Gasteiger charge is -2.40. The van der Waals surface area contributed by atoms with Crippen molar-refractivity contribution >= 4 is 17.2 Å². The maximum Gasteiger partial charge on any atom is 0.256 e. The molecule has 1 aromatic heterocycles. The zero-order valence-electron chi connectivity index (χ0n) is 15.1. The molecule has 3 rings (SSSR count). The van der Waals surface area contributed by atoms with Crippen molar-refractivity contribution in [1.82, 2.24) is 14.8 Å². The van der Waals surface area contributed by atoms with Crippen LogP contribution >= 0.6 is 11.3 Å². The van der Waals surface area contributed by atoms with Crippen LogP contribution in [0.1, 0.15) is 29.1 Å². The summed E-state index contributed by atoms with van der Waals surface area (Å²) in [4.78, 5) is 20.9. The Morgan fingerprint density at radius 2 is 2.12 bits per heavy atom. The summed E-state index contributed by atoms with van der Waals surface area (Å²) in [6.45, 7) is 3.81. The molecule has 0 bridgehead atoms. The maximum atomic E-state index is 13.1. The lowest BCUT2D eigenvalue weighted by molar-refractivity contribution is -0.160. The van der Waals surface area contributed by atoms with E-state index in [2.05, 4.69) is 4.98 Å². The summed E-state index contributed by atoms with van der Waals surface area (Å²) >= 11 is 1.58. The lowest BCUT2D eigenvalue weighted by Crippen LogP contribution is -2.57. The molecule has 0 radical (unpaired) electrons. The smallest absolute Gasteiger partial charge is 0.256 e. The topological polar surface area (TPSA) is 56.7 Å². The van der Waals surface area contributed by atoms with Crippen LogP contribution < -0.4 is 0 Å². The predicted octanol–water partition coefficient (Wildman–Crippen LogP) is 2.58. The largest absolute Gasteiger partial charge is 0.379 e. The Balaban J connectivity index is 1.64. The third-order valence-electron chi connectivity index (χ3n) is 4.59. The van der Waals surface area contributed by atoms with E-state index >= 15 is 0 Å². The molecule has 1 aliphatic heterocycles. The van der Waals surface area contributed by atoms with Crippen molar-refractivity contribution in [2.75, 3.05) is 20.1 Å². The highest BCUT2D eigenvalue weighted by Gasteiger charge is 2.42. The Kier molecular flexibility index (Phi) is 5.70. The highest BCUT2D eigenvalue weighted by Crippen LogP contribution is 2.26. The Hall–Kier alpha value is -1.83. The molecule has 7 heteroatoms. The average Bonchev–Trinajstić information content (AvgIpc) is 2.98. The summed E-state index contributed by atoms with van der Waals surface area (Å²) in [5.41, 5.74) is 0.450. The van der Waals surface area contributed by atoms with Crippen molar-refractivity contribution in [2.45, 2.75) is 38.5 Å². The number of carbonyl (C=O) groups excluding carboxylic acids is 1. The van der Waals surface area contributed by atoms with E-state index in [-0.39, 0.29) is 18.3 Å². The number of amides is 1. The summed E-state index contributed by atoms with van der Waals surface area (Å²) in [6.07, 6.45) is 1.20. The summed E-state index contributed by atoms with van der Waals surface area (Å²) in [6, 6.07) is 6.12. The standard InChI is InChI=1S/C19H24FN3O2S/c1-14-12-26-17(21-14)11-22(2)13-19(25)8-3-9-23(18(19)24)10-15-4-6-16(20)7-5-15/h4-7,12,25H,3,8-11,13H2,1-2H3. The molecule has 1 atom stereocenters. The first-order valence-electron chi connectivity index (χ1n) is 8.71. The zero-order chi connectivity index (χ0) is 18.7. The number of nitrogens with zero attached hydrogens (tertiary/aromatic N) is 3. The van der Waals surface area contributed by atoms with Crippen LogP contribution in [-0.2, 0) is 17.9 Å². The number of piperidine rings is 1. The summed E-state index contributed by atoms with van der Waals surface area (Å²) < 4.78 is 13.1. The fraction of sp³-hybridized carbons (Fsp3) is 0.474. The van der Waals surface area contributed by atoms with Crippen molar-refractivity contribution in [3.8, 4) is 0 Å². The van der Waals surface area contributed by atoms with Gasteiger partial charge in [0.2, 0.25) is 0 Å². The molecule has 1 saturated heterocycles. The average molecular weight is 377 g/mol. The molecule has 1 aromatic carbocycles. The van der Waals surface area contributed by atoms with Gasteiger partial charge in [0, 0.05) is 30.7 Å². The van der Waals surface area contributed by atoms with Gasteiger partial charge >= 0.3 is 0 Å². The molecule has 1 unspecified atom stereocenters. The van der Waals surface area contributed by atoms with Gasteiger partial charge in [0.15, 0.2) is 5.60 Å². The highest BCUT2D eigenvalue weighted by molar-refractivity contribution is 7.09. The van der Waals surface area contributed by atoms with Gasteiger partial charge in [0.05, 0.1) is 6.54 Å². The molecule has 140 valence electrons. The first kappa shape index (κ1) is 18.9. The molecule has 1 aliphatic rings. The molecule has 26 heavy (non-hydrogen) atoms. The molecule has 1 amide bonds. The van der Waals surface area contributed by atoms with Crippen LogP contribution in [0.25, 0.3) is 0 Å². The minimum atomic E-state index is -1.39. The second-order valence-electron chi connectivity index (χ2n) is 7.04. The number of aliphatic hydroxyl groups is 1. The quantitative estimate of drug-likeness (QED) is 0.841. The van der Waals surface area contributed by atoms with Crippen LogP contribution in [0, 0.1) is 12.7 Å². The number of aryl methyl sites for hydroxylation is 1. The van der Waals surface area contributed by atoms with E-state index < -0.39 is 5.60 Å². The van der Waals surface area contributed by atoms with Gasteiger partial charge in [0.25, 0.3) is 5.91 Å². The molecule has 0 spiro atoms.